The maximum absolute atomic E-state index is 11.1. The van der Waals surface area contributed by atoms with Gasteiger partial charge in [-0.1, -0.05) is 0 Å². The highest BCUT2D eigenvalue weighted by molar-refractivity contribution is 5.82. The Morgan fingerprint density at radius 1 is 1.62 bits per heavy atom. The summed E-state index contributed by atoms with van der Waals surface area (Å²) in [5.41, 5.74) is -0.612. The average Bonchev–Trinajstić information content (AvgIpc) is 2.27. The van der Waals surface area contributed by atoms with Crippen LogP contribution in [0.1, 0.15) is 19.4 Å². The lowest BCUT2D eigenvalue weighted by atomic mass is 10.0. The topological polar surface area (TPSA) is 77.2 Å². The fraction of sp³-hybridized carbons (Fsp3) is 0.364. The van der Waals surface area contributed by atoms with Gasteiger partial charge in [-0.15, -0.1) is 0 Å². The maximum atomic E-state index is 11.1. The normalized spacial score (nSPS) is 10.6. The standard InChI is InChI=1S/C11H13N3O2/c1-11(2,10(15)16)14(3)9-6-8(7-12)4-5-13-9/h4-6H,1-3H3,(H,15,16). The molecule has 0 saturated heterocycles. The number of likely N-dealkylation sites (N-methyl/N-ethyl adjacent to an activating group) is 1. The molecule has 0 saturated carbocycles. The van der Waals surface area contributed by atoms with Gasteiger partial charge in [-0.05, 0) is 26.0 Å². The number of aliphatic carboxylic acids is 1. The van der Waals surface area contributed by atoms with Gasteiger partial charge in [0.2, 0.25) is 0 Å². The zero-order chi connectivity index (χ0) is 12.3. The van der Waals surface area contributed by atoms with Crippen molar-refractivity contribution in [2.75, 3.05) is 11.9 Å². The molecule has 1 aromatic rings. The molecule has 1 aromatic heterocycles. The van der Waals surface area contributed by atoms with Gasteiger partial charge in [0.15, 0.2) is 0 Å². The largest absolute Gasteiger partial charge is 0.480 e. The molecule has 5 nitrogen and oxygen atoms in total. The van der Waals surface area contributed by atoms with Crippen molar-refractivity contribution in [2.24, 2.45) is 0 Å². The van der Waals surface area contributed by atoms with E-state index in [1.165, 1.54) is 11.1 Å². The summed E-state index contributed by atoms with van der Waals surface area (Å²) in [6, 6.07) is 5.12. The van der Waals surface area contributed by atoms with Crippen LogP contribution < -0.4 is 4.90 Å². The molecule has 0 radical (unpaired) electrons. The molecule has 84 valence electrons. The zero-order valence-corrected chi connectivity index (χ0v) is 9.43. The maximum Gasteiger partial charge on any atom is 0.328 e. The molecule has 5 heteroatoms. The lowest BCUT2D eigenvalue weighted by Gasteiger charge is -2.32. The fourth-order valence-corrected chi connectivity index (χ4v) is 1.10. The third kappa shape index (κ3) is 2.11. The first-order chi connectivity index (χ1) is 7.39. The van der Waals surface area contributed by atoms with Crippen LogP contribution >= 0.6 is 0 Å². The van der Waals surface area contributed by atoms with Crippen LogP contribution in [0.2, 0.25) is 0 Å². The van der Waals surface area contributed by atoms with E-state index in [1.54, 1.807) is 33.0 Å². The molecule has 0 aliphatic rings. The molecule has 16 heavy (non-hydrogen) atoms. The quantitative estimate of drug-likeness (QED) is 0.827. The van der Waals surface area contributed by atoms with Gasteiger partial charge in [0.05, 0.1) is 11.6 Å². The van der Waals surface area contributed by atoms with Gasteiger partial charge in [0.1, 0.15) is 11.4 Å². The molecule has 0 aromatic carbocycles. The van der Waals surface area contributed by atoms with Crippen LogP contribution in [0.15, 0.2) is 18.3 Å². The third-order valence-corrected chi connectivity index (χ3v) is 2.58. The van der Waals surface area contributed by atoms with Gasteiger partial charge in [-0.25, -0.2) is 9.78 Å². The minimum absolute atomic E-state index is 0.457. The number of pyridine rings is 1. The Labute approximate surface area is 93.9 Å². The van der Waals surface area contributed by atoms with E-state index in [0.717, 1.165) is 0 Å². The number of nitrogens with zero attached hydrogens (tertiary/aromatic N) is 3. The van der Waals surface area contributed by atoms with E-state index in [-0.39, 0.29) is 0 Å². The summed E-state index contributed by atoms with van der Waals surface area (Å²) in [6.45, 7) is 3.16. The van der Waals surface area contributed by atoms with Gasteiger partial charge < -0.3 is 10.0 Å². The minimum atomic E-state index is -1.07. The van der Waals surface area contributed by atoms with Crippen LogP contribution in [0.4, 0.5) is 5.82 Å². The van der Waals surface area contributed by atoms with Gasteiger partial charge >= 0.3 is 5.97 Å². The molecular formula is C11H13N3O2. The second kappa shape index (κ2) is 4.19. The highest BCUT2D eigenvalue weighted by Crippen LogP contribution is 2.20. The summed E-state index contributed by atoms with van der Waals surface area (Å²) in [5, 5.41) is 17.8. The Morgan fingerprint density at radius 3 is 2.75 bits per heavy atom. The van der Waals surface area contributed by atoms with Crippen molar-refractivity contribution in [3.63, 3.8) is 0 Å². The number of nitriles is 1. The highest BCUT2D eigenvalue weighted by atomic mass is 16.4. The molecule has 1 N–H and O–H groups in total. The Hall–Kier alpha value is -2.09. The van der Waals surface area contributed by atoms with Gasteiger partial charge in [0, 0.05) is 13.2 Å². The number of carboxylic acids is 1. The molecule has 0 spiro atoms. The SMILES string of the molecule is CN(c1cc(C#N)ccn1)C(C)(C)C(=O)O. The number of anilines is 1. The molecule has 0 unspecified atom stereocenters. The van der Waals surface area contributed by atoms with Crippen LogP contribution in [-0.2, 0) is 4.79 Å². The Kier molecular flexibility index (Phi) is 3.14. The summed E-state index contributed by atoms with van der Waals surface area (Å²) in [5.74, 6) is -0.481. The van der Waals surface area contributed by atoms with E-state index in [4.69, 9.17) is 10.4 Å². The number of carboxylic acid groups (broad SMARTS) is 1. The molecule has 0 aliphatic heterocycles. The van der Waals surface area contributed by atoms with E-state index in [2.05, 4.69) is 4.98 Å². The van der Waals surface area contributed by atoms with Crippen LogP contribution in [0.3, 0.4) is 0 Å². The third-order valence-electron chi connectivity index (χ3n) is 2.58. The van der Waals surface area contributed by atoms with Crippen LogP contribution in [0, 0.1) is 11.3 Å². The van der Waals surface area contributed by atoms with E-state index in [0.29, 0.717) is 11.4 Å². The number of carbonyl (C=O) groups is 1. The lowest BCUT2D eigenvalue weighted by Crippen LogP contribution is -2.48. The summed E-state index contributed by atoms with van der Waals surface area (Å²) >= 11 is 0. The second-order valence-corrected chi connectivity index (χ2v) is 3.94. The van der Waals surface area contributed by atoms with Gasteiger partial charge in [0.25, 0.3) is 0 Å². The molecule has 0 fully saturated rings. The van der Waals surface area contributed by atoms with Crippen LogP contribution in [-0.4, -0.2) is 28.6 Å². The molecule has 1 rings (SSSR count). The predicted molar refractivity (Wildman–Crippen MR) is 59.1 cm³/mol. The molecule has 0 aliphatic carbocycles. The van der Waals surface area contributed by atoms with Crippen LogP contribution in [0.5, 0.6) is 0 Å². The summed E-state index contributed by atoms with van der Waals surface area (Å²) in [6.07, 6.45) is 1.49. The van der Waals surface area contributed by atoms with Crippen LogP contribution in [0.25, 0.3) is 0 Å². The first-order valence-corrected chi connectivity index (χ1v) is 4.73. The van der Waals surface area contributed by atoms with E-state index in [1.807, 2.05) is 6.07 Å². The van der Waals surface area contributed by atoms with Crippen molar-refractivity contribution >= 4 is 11.8 Å². The van der Waals surface area contributed by atoms with E-state index in [9.17, 15) is 4.79 Å². The molecule has 0 amide bonds. The van der Waals surface area contributed by atoms with Crippen molar-refractivity contribution in [3.05, 3.63) is 23.9 Å². The Morgan fingerprint density at radius 2 is 2.25 bits per heavy atom. The predicted octanol–water partition coefficient (Wildman–Crippen LogP) is 1.25. The van der Waals surface area contributed by atoms with Gasteiger partial charge in [-0.3, -0.25) is 0 Å². The van der Waals surface area contributed by atoms with E-state index < -0.39 is 11.5 Å². The zero-order valence-electron chi connectivity index (χ0n) is 9.43. The summed E-state index contributed by atoms with van der Waals surface area (Å²) < 4.78 is 0. The number of aromatic nitrogens is 1. The Bertz CT molecular complexity index is 449. The number of hydrogen-bond donors (Lipinski definition) is 1. The molecule has 1 heterocycles. The summed E-state index contributed by atoms with van der Waals surface area (Å²) in [4.78, 5) is 16.6. The van der Waals surface area contributed by atoms with Crippen molar-refractivity contribution in [1.82, 2.24) is 4.98 Å². The van der Waals surface area contributed by atoms with Crippen molar-refractivity contribution < 1.29 is 9.90 Å². The van der Waals surface area contributed by atoms with Gasteiger partial charge in [-0.2, -0.15) is 5.26 Å². The van der Waals surface area contributed by atoms with Crippen molar-refractivity contribution in [1.29, 1.82) is 5.26 Å². The first kappa shape index (κ1) is 12.0. The average molecular weight is 219 g/mol. The molecule has 0 atom stereocenters. The van der Waals surface area contributed by atoms with Crippen molar-refractivity contribution in [3.8, 4) is 6.07 Å². The highest BCUT2D eigenvalue weighted by Gasteiger charge is 2.32. The molecule has 0 bridgehead atoms. The second-order valence-electron chi connectivity index (χ2n) is 3.94. The van der Waals surface area contributed by atoms with E-state index >= 15 is 0 Å². The minimum Gasteiger partial charge on any atom is -0.480 e. The smallest absolute Gasteiger partial charge is 0.328 e. The fourth-order valence-electron chi connectivity index (χ4n) is 1.10. The first-order valence-electron chi connectivity index (χ1n) is 4.73. The lowest BCUT2D eigenvalue weighted by molar-refractivity contribution is -0.142. The number of hydrogen-bond acceptors (Lipinski definition) is 4. The van der Waals surface area contributed by atoms with Crippen molar-refractivity contribution in [2.45, 2.75) is 19.4 Å². The summed E-state index contributed by atoms with van der Waals surface area (Å²) in [7, 11) is 1.64. The molecular weight excluding hydrogens is 206 g/mol. The Balaban J connectivity index is 3.10. The number of rotatable bonds is 3. The monoisotopic (exact) mass is 219 g/mol.